The van der Waals surface area contributed by atoms with Gasteiger partial charge in [0.1, 0.15) is 11.5 Å². The Morgan fingerprint density at radius 1 is 0.881 bits per heavy atom. The van der Waals surface area contributed by atoms with Crippen molar-refractivity contribution < 1.29 is 19.3 Å². The summed E-state index contributed by atoms with van der Waals surface area (Å²) in [6.45, 7) is 1.92. The third kappa shape index (κ3) is 3.51. The van der Waals surface area contributed by atoms with Crippen molar-refractivity contribution >= 4 is 34.9 Å². The lowest BCUT2D eigenvalue weighted by Gasteiger charge is -2.38. The van der Waals surface area contributed by atoms with Crippen LogP contribution in [-0.2, 0) is 10.2 Å². The van der Waals surface area contributed by atoms with Crippen LogP contribution in [0, 0.1) is 23.0 Å². The molecule has 3 aliphatic rings. The number of nitrogens with zero attached hydrogens (tertiary/aromatic N) is 2. The highest BCUT2D eigenvalue weighted by Gasteiger charge is 2.70. The van der Waals surface area contributed by atoms with Crippen molar-refractivity contribution in [2.75, 3.05) is 5.32 Å². The number of nitro benzene ring substituents is 1. The molecule has 0 saturated carbocycles. The molecule has 206 valence electrons. The van der Waals surface area contributed by atoms with E-state index in [9.17, 15) is 24.5 Å². The predicted molar refractivity (Wildman–Crippen MR) is 157 cm³/mol. The molecule has 0 aliphatic carbocycles. The molecule has 3 heterocycles. The van der Waals surface area contributed by atoms with Crippen molar-refractivity contribution in [3.05, 3.63) is 147 Å². The minimum atomic E-state index is -1.50. The van der Waals surface area contributed by atoms with E-state index < -0.39 is 34.1 Å². The third-order valence-electron chi connectivity index (χ3n) is 8.80. The van der Waals surface area contributed by atoms with E-state index in [-0.39, 0.29) is 22.9 Å². The van der Waals surface area contributed by atoms with E-state index in [1.54, 1.807) is 24.4 Å². The Balaban J connectivity index is 1.53. The highest BCUT2D eigenvalue weighted by molar-refractivity contribution is 6.16. The second-order valence-corrected chi connectivity index (χ2v) is 11.0. The van der Waals surface area contributed by atoms with Crippen molar-refractivity contribution in [3.8, 4) is 0 Å². The Bertz CT molecular complexity index is 1850. The minimum Gasteiger partial charge on any atom is -0.358 e. The molecule has 1 saturated heterocycles. The van der Waals surface area contributed by atoms with E-state index in [2.05, 4.69) is 5.32 Å². The molecule has 8 nitrogen and oxygen atoms in total. The molecule has 1 amide bonds. The average molecular weight is 556 g/mol. The Labute approximate surface area is 241 Å². The van der Waals surface area contributed by atoms with Crippen molar-refractivity contribution in [2.24, 2.45) is 5.92 Å². The van der Waals surface area contributed by atoms with Crippen LogP contribution in [0.15, 0.2) is 103 Å². The summed E-state index contributed by atoms with van der Waals surface area (Å²) >= 11 is 0. The van der Waals surface area contributed by atoms with Crippen LogP contribution in [0.3, 0.4) is 0 Å². The smallest absolute Gasteiger partial charge is 0.270 e. The molecule has 0 radical (unpaired) electrons. The lowest BCUT2D eigenvalue weighted by Crippen LogP contribution is -2.49. The third-order valence-corrected chi connectivity index (χ3v) is 8.80. The van der Waals surface area contributed by atoms with Crippen LogP contribution in [-0.4, -0.2) is 33.3 Å². The van der Waals surface area contributed by atoms with Crippen LogP contribution in [0.5, 0.6) is 0 Å². The van der Waals surface area contributed by atoms with Crippen LogP contribution in [0.1, 0.15) is 49.0 Å². The summed E-state index contributed by atoms with van der Waals surface area (Å²) in [6.07, 6.45) is 3.70. The number of ketones is 2. The van der Waals surface area contributed by atoms with Gasteiger partial charge in [-0.3, -0.25) is 24.5 Å². The van der Waals surface area contributed by atoms with Crippen LogP contribution in [0.2, 0.25) is 0 Å². The SMILES string of the molecule is Cc1ccc(C(=O)[C@@H]2[C@H](C(=O)c3cccc([N+](=O)[O-])c3)[C@]3(C(=O)Nc4ccccc43)[C@@H]3c4ccccc4C=CN23)cc1. The Kier molecular flexibility index (Phi) is 5.69. The maximum atomic E-state index is 14.8. The number of anilines is 1. The number of Topliss-reactive ketones (excluding diaryl/α,β-unsaturated/α-hetero) is 2. The summed E-state index contributed by atoms with van der Waals surface area (Å²) in [5.41, 5.74) is 2.64. The van der Waals surface area contributed by atoms with Crippen molar-refractivity contribution in [1.29, 1.82) is 0 Å². The number of non-ortho nitro benzene ring substituents is 1. The van der Waals surface area contributed by atoms with Crippen LogP contribution < -0.4 is 5.32 Å². The van der Waals surface area contributed by atoms with Gasteiger partial charge in [0.05, 0.1) is 16.9 Å². The molecule has 0 bridgehead atoms. The number of rotatable bonds is 5. The number of benzene rings is 4. The van der Waals surface area contributed by atoms with Gasteiger partial charge in [-0.1, -0.05) is 84.4 Å². The number of carbonyl (C=O) groups excluding carboxylic acids is 3. The molecule has 8 heteroatoms. The maximum absolute atomic E-state index is 14.8. The van der Waals surface area contributed by atoms with Gasteiger partial charge in [0.25, 0.3) is 5.69 Å². The molecule has 0 unspecified atom stereocenters. The van der Waals surface area contributed by atoms with Gasteiger partial charge < -0.3 is 10.2 Å². The van der Waals surface area contributed by atoms with Crippen LogP contribution in [0.4, 0.5) is 11.4 Å². The quantitative estimate of drug-likeness (QED) is 0.187. The molecule has 1 fully saturated rings. The van der Waals surface area contributed by atoms with Gasteiger partial charge in [-0.25, -0.2) is 0 Å². The van der Waals surface area contributed by atoms with E-state index in [1.165, 1.54) is 24.3 Å². The molecule has 1 spiro atoms. The molecule has 4 aromatic rings. The standard InChI is InChI=1S/C34H25N3O5/c1-20-13-15-22(16-14-20)31(39)29-28(30(38)23-8-6-9-24(19-23)37(41)42)34(26-11-4-5-12-27(26)35-33(34)40)32-25-10-3-2-7-21(25)17-18-36(29)32/h2-19,28-29,32H,1H3,(H,35,40)/t28-,29+,32+,34+/m1/s1. The summed E-state index contributed by atoms with van der Waals surface area (Å²) < 4.78 is 0. The lowest BCUT2D eigenvalue weighted by molar-refractivity contribution is -0.384. The van der Waals surface area contributed by atoms with Crippen molar-refractivity contribution in [2.45, 2.75) is 24.4 Å². The summed E-state index contributed by atoms with van der Waals surface area (Å²) in [7, 11) is 0. The average Bonchev–Trinajstić information content (AvgIpc) is 3.49. The van der Waals surface area contributed by atoms with E-state index in [0.29, 0.717) is 16.8 Å². The normalized spacial score (nSPS) is 23.2. The fraction of sp³-hybridized carbons (Fsp3) is 0.147. The summed E-state index contributed by atoms with van der Waals surface area (Å²) in [4.78, 5) is 56.7. The number of nitrogens with one attached hydrogen (secondary N) is 1. The van der Waals surface area contributed by atoms with Crippen LogP contribution >= 0.6 is 0 Å². The first-order chi connectivity index (χ1) is 20.3. The van der Waals surface area contributed by atoms with Gasteiger partial charge in [0.15, 0.2) is 11.6 Å². The van der Waals surface area contributed by atoms with E-state index >= 15 is 0 Å². The topological polar surface area (TPSA) is 110 Å². The summed E-state index contributed by atoms with van der Waals surface area (Å²) in [5, 5.41) is 14.7. The number of fused-ring (bicyclic) bond motifs is 6. The second-order valence-electron chi connectivity index (χ2n) is 11.0. The monoisotopic (exact) mass is 555 g/mol. The maximum Gasteiger partial charge on any atom is 0.270 e. The molecule has 4 aromatic carbocycles. The Morgan fingerprint density at radius 3 is 2.40 bits per heavy atom. The zero-order valence-electron chi connectivity index (χ0n) is 22.6. The number of hydrogen-bond donors (Lipinski definition) is 1. The number of aryl methyl sites for hydroxylation is 1. The van der Waals surface area contributed by atoms with Gasteiger partial charge in [-0.15, -0.1) is 0 Å². The first kappa shape index (κ1) is 25.6. The Hall–Kier alpha value is -5.37. The first-order valence-corrected chi connectivity index (χ1v) is 13.7. The lowest BCUT2D eigenvalue weighted by atomic mass is 9.62. The van der Waals surface area contributed by atoms with Gasteiger partial charge in [0, 0.05) is 35.1 Å². The van der Waals surface area contributed by atoms with Crippen molar-refractivity contribution in [1.82, 2.24) is 4.90 Å². The summed E-state index contributed by atoms with van der Waals surface area (Å²) in [6, 6.07) is 25.8. The number of hydrogen-bond acceptors (Lipinski definition) is 6. The molecular formula is C34H25N3O5. The molecule has 7 rings (SSSR count). The fourth-order valence-electron chi connectivity index (χ4n) is 7.01. The number of nitro groups is 1. The highest BCUT2D eigenvalue weighted by Crippen LogP contribution is 2.62. The number of carbonyl (C=O) groups is 3. The van der Waals surface area contributed by atoms with Gasteiger partial charge >= 0.3 is 0 Å². The minimum absolute atomic E-state index is 0.0737. The van der Waals surface area contributed by atoms with Gasteiger partial charge in [-0.2, -0.15) is 0 Å². The fourth-order valence-corrected chi connectivity index (χ4v) is 7.01. The molecule has 3 aliphatic heterocycles. The molecule has 0 aromatic heterocycles. The summed E-state index contributed by atoms with van der Waals surface area (Å²) in [5.74, 6) is -2.39. The number of amides is 1. The molecule has 1 N–H and O–H groups in total. The predicted octanol–water partition coefficient (Wildman–Crippen LogP) is 5.88. The van der Waals surface area contributed by atoms with Crippen molar-refractivity contribution in [3.63, 3.8) is 0 Å². The zero-order valence-corrected chi connectivity index (χ0v) is 22.6. The van der Waals surface area contributed by atoms with E-state index in [4.69, 9.17) is 0 Å². The van der Waals surface area contributed by atoms with Gasteiger partial charge in [-0.05, 0) is 35.8 Å². The van der Waals surface area contributed by atoms with E-state index in [1.807, 2.05) is 72.5 Å². The first-order valence-electron chi connectivity index (χ1n) is 13.7. The van der Waals surface area contributed by atoms with Crippen LogP contribution in [0.25, 0.3) is 6.08 Å². The largest absolute Gasteiger partial charge is 0.358 e. The highest BCUT2D eigenvalue weighted by atomic mass is 16.6. The zero-order chi connectivity index (χ0) is 29.2. The van der Waals surface area contributed by atoms with Gasteiger partial charge in [0.2, 0.25) is 5.91 Å². The molecular weight excluding hydrogens is 530 g/mol. The molecule has 42 heavy (non-hydrogen) atoms. The van der Waals surface area contributed by atoms with E-state index in [0.717, 1.165) is 16.7 Å². The Morgan fingerprint density at radius 2 is 1.62 bits per heavy atom. The number of para-hydroxylation sites is 1. The molecule has 4 atom stereocenters. The second kappa shape index (κ2) is 9.34.